The van der Waals surface area contributed by atoms with E-state index in [1.807, 2.05) is 30.3 Å². The minimum Gasteiger partial charge on any atom is -0.465 e. The highest BCUT2D eigenvalue weighted by Gasteiger charge is 2.13. The fraction of sp³-hybridized carbons (Fsp3) is 0.211. The average Bonchev–Trinajstić information content (AvgIpc) is 2.62. The molecule has 2 N–H and O–H groups in total. The van der Waals surface area contributed by atoms with Crippen LogP contribution in [0.4, 0.5) is 5.69 Å². The minimum absolute atomic E-state index is 0.145. The summed E-state index contributed by atoms with van der Waals surface area (Å²) in [5.41, 5.74) is 2.37. The van der Waals surface area contributed by atoms with E-state index in [2.05, 4.69) is 10.6 Å². The van der Waals surface area contributed by atoms with Gasteiger partial charge in [0.25, 0.3) is 0 Å². The maximum Gasteiger partial charge on any atom is 0.338 e. The maximum atomic E-state index is 12.0. The highest BCUT2D eigenvalue weighted by Crippen LogP contribution is 2.19. The van der Waals surface area contributed by atoms with E-state index < -0.39 is 5.97 Å². The first-order valence-corrected chi connectivity index (χ1v) is 7.79. The zero-order valence-electron chi connectivity index (χ0n) is 14.2. The molecule has 2 amide bonds. The first kappa shape index (κ1) is 18.2. The predicted octanol–water partition coefficient (Wildman–Crippen LogP) is 2.08. The van der Waals surface area contributed by atoms with Gasteiger partial charge in [0, 0.05) is 5.69 Å². The largest absolute Gasteiger partial charge is 0.465 e. The third-order valence-corrected chi connectivity index (χ3v) is 3.67. The van der Waals surface area contributed by atoms with E-state index in [9.17, 15) is 14.4 Å². The number of rotatable bonds is 6. The van der Waals surface area contributed by atoms with Crippen LogP contribution >= 0.6 is 0 Å². The second kappa shape index (κ2) is 8.63. The molecule has 2 aromatic rings. The van der Waals surface area contributed by atoms with Crippen molar-refractivity contribution >= 4 is 23.5 Å². The van der Waals surface area contributed by atoms with Crippen LogP contribution in [0, 0.1) is 6.92 Å². The van der Waals surface area contributed by atoms with Gasteiger partial charge in [-0.25, -0.2) is 4.79 Å². The van der Waals surface area contributed by atoms with Gasteiger partial charge in [0.2, 0.25) is 11.8 Å². The molecule has 0 atom stereocenters. The molecule has 0 fully saturated rings. The van der Waals surface area contributed by atoms with Crippen molar-refractivity contribution in [2.75, 3.05) is 19.0 Å². The zero-order valence-corrected chi connectivity index (χ0v) is 14.2. The summed E-state index contributed by atoms with van der Waals surface area (Å²) >= 11 is 0. The lowest BCUT2D eigenvalue weighted by Gasteiger charge is -2.12. The number of hydrogen-bond donors (Lipinski definition) is 2. The van der Waals surface area contributed by atoms with Crippen molar-refractivity contribution in [3.8, 4) is 0 Å². The van der Waals surface area contributed by atoms with Gasteiger partial charge in [-0.3, -0.25) is 9.59 Å². The predicted molar refractivity (Wildman–Crippen MR) is 94.3 cm³/mol. The number of hydrogen-bond acceptors (Lipinski definition) is 4. The summed E-state index contributed by atoms with van der Waals surface area (Å²) < 4.78 is 4.70. The van der Waals surface area contributed by atoms with Crippen LogP contribution in [0.15, 0.2) is 48.5 Å². The van der Waals surface area contributed by atoms with Crippen molar-refractivity contribution < 1.29 is 19.1 Å². The number of benzene rings is 2. The molecule has 0 saturated carbocycles. The molecule has 25 heavy (non-hydrogen) atoms. The number of nitrogens with one attached hydrogen (secondary N) is 2. The number of anilines is 1. The third kappa shape index (κ3) is 5.17. The lowest BCUT2D eigenvalue weighted by molar-refractivity contribution is -0.123. The number of amides is 2. The molecule has 0 aliphatic carbocycles. The van der Waals surface area contributed by atoms with E-state index in [0.29, 0.717) is 16.8 Å². The second-order valence-electron chi connectivity index (χ2n) is 5.46. The van der Waals surface area contributed by atoms with E-state index in [1.165, 1.54) is 7.11 Å². The topological polar surface area (TPSA) is 84.5 Å². The van der Waals surface area contributed by atoms with Gasteiger partial charge >= 0.3 is 5.97 Å². The molecule has 0 unspecified atom stereocenters. The summed E-state index contributed by atoms with van der Waals surface area (Å²) in [6.07, 6.45) is 0.213. The van der Waals surface area contributed by atoms with Gasteiger partial charge in [-0.1, -0.05) is 36.4 Å². The van der Waals surface area contributed by atoms with Gasteiger partial charge in [0.15, 0.2) is 0 Å². The van der Waals surface area contributed by atoms with E-state index in [-0.39, 0.29) is 24.8 Å². The molecule has 6 heteroatoms. The number of ether oxygens (including phenoxy) is 1. The molecule has 2 rings (SSSR count). The van der Waals surface area contributed by atoms with Crippen molar-refractivity contribution in [2.24, 2.45) is 0 Å². The molecule has 0 aromatic heterocycles. The van der Waals surface area contributed by atoms with Crippen LogP contribution in [0.5, 0.6) is 0 Å². The van der Waals surface area contributed by atoms with Crippen LogP contribution in [0.2, 0.25) is 0 Å². The van der Waals surface area contributed by atoms with Crippen molar-refractivity contribution in [3.05, 3.63) is 65.2 Å². The van der Waals surface area contributed by atoms with E-state index in [4.69, 9.17) is 4.74 Å². The fourth-order valence-electron chi connectivity index (χ4n) is 2.32. The quantitative estimate of drug-likeness (QED) is 0.789. The molecule has 0 saturated heterocycles. The number of methoxy groups -OCH3 is 1. The third-order valence-electron chi connectivity index (χ3n) is 3.67. The molecule has 0 aliphatic rings. The number of carbonyl (C=O) groups excluding carboxylic acids is 3. The van der Waals surface area contributed by atoms with Crippen molar-refractivity contribution in [1.29, 1.82) is 0 Å². The summed E-state index contributed by atoms with van der Waals surface area (Å²) in [6.45, 7) is 1.57. The molecular formula is C19H20N2O4. The molecule has 0 aliphatic heterocycles. The number of carbonyl (C=O) groups is 3. The Morgan fingerprint density at radius 2 is 1.68 bits per heavy atom. The van der Waals surface area contributed by atoms with Crippen LogP contribution < -0.4 is 10.6 Å². The Balaban J connectivity index is 1.90. The van der Waals surface area contributed by atoms with Gasteiger partial charge in [-0.2, -0.15) is 0 Å². The Morgan fingerprint density at radius 3 is 2.36 bits per heavy atom. The Morgan fingerprint density at radius 1 is 0.960 bits per heavy atom. The summed E-state index contributed by atoms with van der Waals surface area (Å²) in [7, 11) is 1.30. The normalized spacial score (nSPS) is 10.0. The van der Waals surface area contributed by atoms with Crippen molar-refractivity contribution in [3.63, 3.8) is 0 Å². The molecule has 130 valence electrons. The maximum absolute atomic E-state index is 12.0. The van der Waals surface area contributed by atoms with Crippen LogP contribution in [-0.4, -0.2) is 31.4 Å². The minimum atomic E-state index is -0.468. The Bertz CT molecular complexity index is 772. The first-order chi connectivity index (χ1) is 12.0. The summed E-state index contributed by atoms with van der Waals surface area (Å²) in [5, 5.41) is 5.26. The lowest BCUT2D eigenvalue weighted by Crippen LogP contribution is -2.34. The lowest BCUT2D eigenvalue weighted by atomic mass is 10.1. The monoisotopic (exact) mass is 340 g/mol. The second-order valence-corrected chi connectivity index (χ2v) is 5.46. The molecule has 0 radical (unpaired) electrons. The average molecular weight is 340 g/mol. The SMILES string of the molecule is COC(=O)c1cccc(NC(=O)CNC(=O)Cc2ccccc2)c1C. The Hall–Kier alpha value is -3.15. The van der Waals surface area contributed by atoms with E-state index >= 15 is 0 Å². The number of esters is 1. The summed E-state index contributed by atoms with van der Waals surface area (Å²) in [5.74, 6) is -1.07. The summed E-state index contributed by atoms with van der Waals surface area (Å²) in [4.78, 5) is 35.6. The van der Waals surface area contributed by atoms with Crippen LogP contribution in [0.1, 0.15) is 21.5 Å². The van der Waals surface area contributed by atoms with Crippen LogP contribution in [-0.2, 0) is 20.7 Å². The molecular weight excluding hydrogens is 320 g/mol. The van der Waals surface area contributed by atoms with Gasteiger partial charge in [0.05, 0.1) is 25.6 Å². The van der Waals surface area contributed by atoms with E-state index in [1.54, 1.807) is 25.1 Å². The highest BCUT2D eigenvalue weighted by atomic mass is 16.5. The van der Waals surface area contributed by atoms with Gasteiger partial charge in [0.1, 0.15) is 0 Å². The van der Waals surface area contributed by atoms with Crippen molar-refractivity contribution in [2.45, 2.75) is 13.3 Å². The van der Waals surface area contributed by atoms with Crippen LogP contribution in [0.3, 0.4) is 0 Å². The molecule has 0 heterocycles. The Labute approximate surface area is 146 Å². The van der Waals surface area contributed by atoms with E-state index in [0.717, 1.165) is 5.56 Å². The van der Waals surface area contributed by atoms with Gasteiger partial charge in [-0.15, -0.1) is 0 Å². The molecule has 0 spiro atoms. The van der Waals surface area contributed by atoms with Crippen LogP contribution in [0.25, 0.3) is 0 Å². The standard InChI is InChI=1S/C19H20N2O4/c1-13-15(19(24)25-2)9-6-10-16(13)21-18(23)12-20-17(22)11-14-7-4-3-5-8-14/h3-10H,11-12H2,1-2H3,(H,20,22)(H,21,23). The molecule has 2 aromatic carbocycles. The fourth-order valence-corrected chi connectivity index (χ4v) is 2.32. The molecule has 6 nitrogen and oxygen atoms in total. The smallest absolute Gasteiger partial charge is 0.338 e. The highest BCUT2D eigenvalue weighted by molar-refractivity contribution is 5.98. The Kier molecular flexibility index (Phi) is 6.28. The summed E-state index contributed by atoms with van der Waals surface area (Å²) in [6, 6.07) is 14.2. The van der Waals surface area contributed by atoms with Crippen molar-refractivity contribution in [1.82, 2.24) is 5.32 Å². The zero-order chi connectivity index (χ0) is 18.2. The van der Waals surface area contributed by atoms with Gasteiger partial charge < -0.3 is 15.4 Å². The first-order valence-electron chi connectivity index (χ1n) is 7.79. The molecule has 0 bridgehead atoms. The van der Waals surface area contributed by atoms with Gasteiger partial charge in [-0.05, 0) is 30.2 Å².